The summed E-state index contributed by atoms with van der Waals surface area (Å²) in [7, 11) is 0. The van der Waals surface area contributed by atoms with Gasteiger partial charge in [-0.2, -0.15) is 0 Å². The molecule has 2 aromatic carbocycles. The van der Waals surface area contributed by atoms with Crippen molar-refractivity contribution in [2.24, 2.45) is 0 Å². The summed E-state index contributed by atoms with van der Waals surface area (Å²) in [5.41, 5.74) is 1.37. The number of terminal acetylenes is 1. The lowest BCUT2D eigenvalue weighted by Gasteiger charge is -2.09. The van der Waals surface area contributed by atoms with Gasteiger partial charge in [0.05, 0.1) is 10.6 Å². The lowest BCUT2D eigenvalue weighted by Crippen LogP contribution is -2.05. The summed E-state index contributed by atoms with van der Waals surface area (Å²) in [5, 5.41) is 0.348. The number of esters is 1. The van der Waals surface area contributed by atoms with Gasteiger partial charge in [0.15, 0.2) is 6.61 Å². The van der Waals surface area contributed by atoms with Crippen molar-refractivity contribution in [3.05, 3.63) is 64.7 Å². The average Bonchev–Trinajstić information content (AvgIpc) is 2.52. The molecule has 0 aliphatic carbocycles. The minimum Gasteiger partial charge on any atom is -0.487 e. The molecule has 0 radical (unpaired) electrons. The second kappa shape index (κ2) is 7.37. The maximum absolute atomic E-state index is 11.6. The normalized spacial score (nSPS) is 9.71. The van der Waals surface area contributed by atoms with E-state index in [1.165, 1.54) is 6.07 Å². The van der Waals surface area contributed by atoms with E-state index in [1.54, 1.807) is 12.1 Å². The molecule has 0 saturated heterocycles. The second-order valence-corrected chi connectivity index (χ2v) is 4.61. The lowest BCUT2D eigenvalue weighted by atomic mass is 10.2. The van der Waals surface area contributed by atoms with Gasteiger partial charge in [0.2, 0.25) is 0 Å². The van der Waals surface area contributed by atoms with E-state index in [1.807, 2.05) is 30.3 Å². The summed E-state index contributed by atoms with van der Waals surface area (Å²) in [6.07, 6.45) is 5.03. The van der Waals surface area contributed by atoms with Crippen molar-refractivity contribution in [3.63, 3.8) is 0 Å². The highest BCUT2D eigenvalue weighted by Gasteiger charge is 2.10. The van der Waals surface area contributed by atoms with Gasteiger partial charge in [-0.25, -0.2) is 4.79 Å². The van der Waals surface area contributed by atoms with Crippen LogP contribution in [-0.4, -0.2) is 12.6 Å². The molecule has 4 heteroatoms. The van der Waals surface area contributed by atoms with Crippen LogP contribution in [0.25, 0.3) is 0 Å². The van der Waals surface area contributed by atoms with Crippen LogP contribution in [0.2, 0.25) is 5.02 Å². The molecule has 0 spiro atoms. The molecular weight excluding hydrogens is 288 g/mol. The summed E-state index contributed by atoms with van der Waals surface area (Å²) >= 11 is 6.10. The number of hydrogen-bond donors (Lipinski definition) is 0. The fraction of sp³-hybridized carbons (Fsp3) is 0.118. The first-order valence-corrected chi connectivity index (χ1v) is 6.65. The Morgan fingerprint density at radius 1 is 1.19 bits per heavy atom. The number of rotatable bonds is 5. The van der Waals surface area contributed by atoms with Crippen LogP contribution in [-0.2, 0) is 11.3 Å². The van der Waals surface area contributed by atoms with Gasteiger partial charge >= 0.3 is 5.97 Å². The first kappa shape index (κ1) is 15.0. The van der Waals surface area contributed by atoms with Crippen LogP contribution >= 0.6 is 11.6 Å². The zero-order valence-electron chi connectivity index (χ0n) is 11.2. The molecule has 0 N–H and O–H groups in total. The van der Waals surface area contributed by atoms with Crippen LogP contribution < -0.4 is 4.74 Å². The van der Waals surface area contributed by atoms with Crippen LogP contribution in [0.3, 0.4) is 0 Å². The summed E-state index contributed by atoms with van der Waals surface area (Å²) in [6.45, 7) is 0.337. The fourth-order valence-electron chi connectivity index (χ4n) is 1.67. The quantitative estimate of drug-likeness (QED) is 0.624. The van der Waals surface area contributed by atoms with Gasteiger partial charge < -0.3 is 9.47 Å². The van der Waals surface area contributed by atoms with Crippen LogP contribution in [0.4, 0.5) is 0 Å². The van der Waals surface area contributed by atoms with Gasteiger partial charge in [0, 0.05) is 0 Å². The number of carbonyl (C=O) groups is 1. The van der Waals surface area contributed by atoms with E-state index in [2.05, 4.69) is 5.92 Å². The van der Waals surface area contributed by atoms with E-state index >= 15 is 0 Å². The molecule has 0 atom stereocenters. The van der Waals surface area contributed by atoms with Crippen molar-refractivity contribution in [2.75, 3.05) is 6.61 Å². The van der Waals surface area contributed by atoms with Crippen molar-refractivity contribution in [1.82, 2.24) is 0 Å². The Bertz CT molecular complexity index is 659. The molecule has 0 fully saturated rings. The average molecular weight is 301 g/mol. The number of carbonyl (C=O) groups excluding carboxylic acids is 1. The van der Waals surface area contributed by atoms with Crippen molar-refractivity contribution in [3.8, 4) is 18.1 Å². The third-order valence-electron chi connectivity index (χ3n) is 2.69. The predicted molar refractivity (Wildman–Crippen MR) is 81.3 cm³/mol. The molecule has 0 aromatic heterocycles. The molecule has 0 bridgehead atoms. The zero-order chi connectivity index (χ0) is 15.1. The Morgan fingerprint density at radius 2 is 1.95 bits per heavy atom. The number of hydrogen-bond acceptors (Lipinski definition) is 3. The first-order chi connectivity index (χ1) is 10.2. The van der Waals surface area contributed by atoms with E-state index in [-0.39, 0.29) is 6.61 Å². The Balaban J connectivity index is 2.02. The molecule has 3 nitrogen and oxygen atoms in total. The lowest BCUT2D eigenvalue weighted by molar-refractivity contribution is 0.0556. The number of halogens is 1. The largest absolute Gasteiger partial charge is 0.487 e. The van der Waals surface area contributed by atoms with Crippen molar-refractivity contribution in [1.29, 1.82) is 0 Å². The molecule has 0 heterocycles. The van der Waals surface area contributed by atoms with Gasteiger partial charge in [0.1, 0.15) is 12.4 Å². The summed E-state index contributed by atoms with van der Waals surface area (Å²) < 4.78 is 10.4. The molecule has 2 rings (SSSR count). The van der Waals surface area contributed by atoms with E-state index in [4.69, 9.17) is 27.5 Å². The maximum atomic E-state index is 11.6. The Kier molecular flexibility index (Phi) is 5.25. The number of benzene rings is 2. The fourth-order valence-corrected chi connectivity index (χ4v) is 1.91. The molecule has 21 heavy (non-hydrogen) atoms. The maximum Gasteiger partial charge on any atom is 0.339 e. The molecule has 0 aliphatic heterocycles. The van der Waals surface area contributed by atoms with Crippen molar-refractivity contribution < 1.29 is 14.3 Å². The topological polar surface area (TPSA) is 35.5 Å². The van der Waals surface area contributed by atoms with Crippen LogP contribution in [0.1, 0.15) is 15.9 Å². The van der Waals surface area contributed by atoms with Gasteiger partial charge in [-0.1, -0.05) is 47.9 Å². The highest BCUT2D eigenvalue weighted by atomic mass is 35.5. The molecular formula is C17H13ClO3. The van der Waals surface area contributed by atoms with Crippen LogP contribution in [0, 0.1) is 12.3 Å². The number of ether oxygens (including phenoxy) is 2. The highest BCUT2D eigenvalue weighted by molar-refractivity contribution is 6.32. The Labute approximate surface area is 128 Å². The summed E-state index contributed by atoms with van der Waals surface area (Å²) in [4.78, 5) is 11.6. The molecule has 0 unspecified atom stereocenters. The van der Waals surface area contributed by atoms with E-state index in [9.17, 15) is 4.79 Å². The molecule has 0 amide bonds. The minimum atomic E-state index is -0.510. The van der Waals surface area contributed by atoms with Gasteiger partial charge in [-0.15, -0.1) is 6.42 Å². The van der Waals surface area contributed by atoms with E-state index in [0.717, 1.165) is 5.56 Å². The Hall–Kier alpha value is -2.44. The standard InChI is InChI=1S/C17H13ClO3/c1-2-10-20-17(19)14-8-9-16(15(18)11-14)21-12-13-6-4-3-5-7-13/h1,3-9,11H,10,12H2. The second-order valence-electron chi connectivity index (χ2n) is 4.20. The molecule has 106 valence electrons. The van der Waals surface area contributed by atoms with Crippen molar-refractivity contribution in [2.45, 2.75) is 6.61 Å². The van der Waals surface area contributed by atoms with Gasteiger partial charge in [-0.3, -0.25) is 0 Å². The smallest absolute Gasteiger partial charge is 0.339 e. The minimum absolute atomic E-state index is 0.0668. The molecule has 2 aromatic rings. The van der Waals surface area contributed by atoms with E-state index in [0.29, 0.717) is 22.9 Å². The monoisotopic (exact) mass is 300 g/mol. The van der Waals surface area contributed by atoms with Crippen LogP contribution in [0.5, 0.6) is 5.75 Å². The summed E-state index contributed by atoms with van der Waals surface area (Å²) in [5.74, 6) is 2.23. The summed E-state index contributed by atoms with van der Waals surface area (Å²) in [6, 6.07) is 14.4. The SMILES string of the molecule is C#CCOC(=O)c1ccc(OCc2ccccc2)c(Cl)c1. The Morgan fingerprint density at radius 3 is 2.62 bits per heavy atom. The molecule has 0 saturated carbocycles. The van der Waals surface area contributed by atoms with E-state index < -0.39 is 5.97 Å². The zero-order valence-corrected chi connectivity index (χ0v) is 12.0. The van der Waals surface area contributed by atoms with Crippen molar-refractivity contribution >= 4 is 17.6 Å². The predicted octanol–water partition coefficient (Wildman–Crippen LogP) is 3.71. The van der Waals surface area contributed by atoms with Gasteiger partial charge in [0.25, 0.3) is 0 Å². The van der Waals surface area contributed by atoms with Gasteiger partial charge in [-0.05, 0) is 23.8 Å². The third kappa shape index (κ3) is 4.27. The third-order valence-corrected chi connectivity index (χ3v) is 2.99. The molecule has 0 aliphatic rings. The van der Waals surface area contributed by atoms with Crippen LogP contribution in [0.15, 0.2) is 48.5 Å². The highest BCUT2D eigenvalue weighted by Crippen LogP contribution is 2.26. The first-order valence-electron chi connectivity index (χ1n) is 6.27.